The molecule has 1 fully saturated rings. The van der Waals surface area contributed by atoms with Gasteiger partial charge in [0.25, 0.3) is 0 Å². The first-order valence-corrected chi connectivity index (χ1v) is 7.46. The lowest BCUT2D eigenvalue weighted by molar-refractivity contribution is -0.140. The Morgan fingerprint density at radius 3 is 2.67 bits per heavy atom. The van der Waals surface area contributed by atoms with Gasteiger partial charge < -0.3 is 14.6 Å². The molecule has 0 spiro atoms. The van der Waals surface area contributed by atoms with Crippen LogP contribution in [0.2, 0.25) is 0 Å². The van der Waals surface area contributed by atoms with Crippen molar-refractivity contribution in [2.24, 2.45) is 0 Å². The minimum absolute atomic E-state index is 0.0899. The van der Waals surface area contributed by atoms with Gasteiger partial charge in [-0.2, -0.15) is 0 Å². The number of aliphatic carboxylic acids is 1. The monoisotopic (exact) mass is 291 g/mol. The standard InChI is InChI=1S/C16H21NO4/c1-16(10-15(18)19,17-7-3-2-4-8-17)12-5-6-13-14(9-12)21-11-20-13/h5-6,9H,2-4,7-8,10-11H2,1H3,(H,18,19). The summed E-state index contributed by atoms with van der Waals surface area (Å²) < 4.78 is 10.8. The average Bonchev–Trinajstić information content (AvgIpc) is 2.94. The molecule has 5 nitrogen and oxygen atoms in total. The summed E-state index contributed by atoms with van der Waals surface area (Å²) in [6.07, 6.45) is 3.56. The van der Waals surface area contributed by atoms with Crippen LogP contribution in [0.4, 0.5) is 0 Å². The molecule has 0 radical (unpaired) electrons. The van der Waals surface area contributed by atoms with Gasteiger partial charge in [-0.25, -0.2) is 0 Å². The van der Waals surface area contributed by atoms with E-state index >= 15 is 0 Å². The lowest BCUT2D eigenvalue weighted by Crippen LogP contribution is -2.47. The van der Waals surface area contributed by atoms with Gasteiger partial charge in [-0.1, -0.05) is 12.5 Å². The summed E-state index contributed by atoms with van der Waals surface area (Å²) in [6, 6.07) is 5.77. The van der Waals surface area contributed by atoms with Gasteiger partial charge in [0.2, 0.25) is 6.79 Å². The fraction of sp³-hybridized carbons (Fsp3) is 0.562. The second-order valence-electron chi connectivity index (χ2n) is 5.96. The molecule has 1 aromatic rings. The SMILES string of the molecule is CC(CC(=O)O)(c1ccc2c(c1)OCO2)N1CCCCC1. The third-order valence-electron chi connectivity index (χ3n) is 4.54. The average molecular weight is 291 g/mol. The van der Waals surface area contributed by atoms with Crippen LogP contribution in [-0.2, 0) is 10.3 Å². The third-order valence-corrected chi connectivity index (χ3v) is 4.54. The number of hydrogen-bond donors (Lipinski definition) is 1. The van der Waals surface area contributed by atoms with E-state index in [1.165, 1.54) is 6.42 Å². The third kappa shape index (κ3) is 2.70. The molecular weight excluding hydrogens is 270 g/mol. The summed E-state index contributed by atoms with van der Waals surface area (Å²) in [6.45, 7) is 4.14. The number of carboxylic acids is 1. The molecule has 21 heavy (non-hydrogen) atoms. The Kier molecular flexibility index (Phi) is 3.76. The predicted molar refractivity (Wildman–Crippen MR) is 77.6 cm³/mol. The van der Waals surface area contributed by atoms with Crippen molar-refractivity contribution in [2.75, 3.05) is 19.9 Å². The van der Waals surface area contributed by atoms with Gasteiger partial charge in [0.05, 0.1) is 12.0 Å². The van der Waals surface area contributed by atoms with E-state index in [4.69, 9.17) is 9.47 Å². The maximum Gasteiger partial charge on any atom is 0.305 e. The lowest BCUT2D eigenvalue weighted by atomic mass is 9.85. The van der Waals surface area contributed by atoms with E-state index in [2.05, 4.69) is 4.90 Å². The molecule has 1 N–H and O–H groups in total. The molecule has 1 aromatic carbocycles. The summed E-state index contributed by atoms with van der Waals surface area (Å²) in [5, 5.41) is 9.35. The molecule has 0 amide bonds. The lowest BCUT2D eigenvalue weighted by Gasteiger charge is -2.43. The number of benzene rings is 1. The smallest absolute Gasteiger partial charge is 0.305 e. The van der Waals surface area contributed by atoms with Crippen LogP contribution in [0.25, 0.3) is 0 Å². The topological polar surface area (TPSA) is 59.0 Å². The van der Waals surface area contributed by atoms with E-state index in [9.17, 15) is 9.90 Å². The summed E-state index contributed by atoms with van der Waals surface area (Å²) in [5.74, 6) is 0.664. The number of carboxylic acid groups (broad SMARTS) is 1. The largest absolute Gasteiger partial charge is 0.481 e. The van der Waals surface area contributed by atoms with Crippen molar-refractivity contribution in [1.29, 1.82) is 0 Å². The first-order valence-electron chi connectivity index (χ1n) is 7.46. The Balaban J connectivity index is 1.95. The summed E-state index contributed by atoms with van der Waals surface area (Å²) in [7, 11) is 0. The van der Waals surface area contributed by atoms with Crippen LogP contribution in [0.1, 0.15) is 38.2 Å². The second kappa shape index (κ2) is 5.56. The summed E-state index contributed by atoms with van der Waals surface area (Å²) in [5.41, 5.74) is 0.476. The Hall–Kier alpha value is -1.75. The van der Waals surface area contributed by atoms with E-state index in [1.54, 1.807) is 0 Å². The molecular formula is C16H21NO4. The molecule has 2 heterocycles. The molecule has 2 aliphatic heterocycles. The Morgan fingerprint density at radius 2 is 1.95 bits per heavy atom. The van der Waals surface area contributed by atoms with E-state index in [0.717, 1.165) is 37.2 Å². The molecule has 1 atom stereocenters. The molecule has 114 valence electrons. The van der Waals surface area contributed by atoms with Crippen LogP contribution < -0.4 is 9.47 Å². The summed E-state index contributed by atoms with van der Waals surface area (Å²) >= 11 is 0. The number of ether oxygens (including phenoxy) is 2. The minimum atomic E-state index is -0.777. The maximum absolute atomic E-state index is 11.4. The van der Waals surface area contributed by atoms with Crippen molar-refractivity contribution < 1.29 is 19.4 Å². The highest BCUT2D eigenvalue weighted by atomic mass is 16.7. The predicted octanol–water partition coefficient (Wildman–Crippen LogP) is 2.59. The highest BCUT2D eigenvalue weighted by Gasteiger charge is 2.37. The highest BCUT2D eigenvalue weighted by Crippen LogP contribution is 2.40. The number of likely N-dealkylation sites (tertiary alicyclic amines) is 1. The van der Waals surface area contributed by atoms with Gasteiger partial charge >= 0.3 is 5.97 Å². The maximum atomic E-state index is 11.4. The first kappa shape index (κ1) is 14.2. The molecule has 0 bridgehead atoms. The van der Waals surface area contributed by atoms with Crippen LogP contribution in [0.15, 0.2) is 18.2 Å². The molecule has 0 aromatic heterocycles. The molecule has 3 rings (SSSR count). The quantitative estimate of drug-likeness (QED) is 0.924. The van der Waals surface area contributed by atoms with Crippen LogP contribution in [0.5, 0.6) is 11.5 Å². The number of fused-ring (bicyclic) bond motifs is 1. The van der Waals surface area contributed by atoms with Gasteiger partial charge in [0.15, 0.2) is 11.5 Å². The zero-order valence-electron chi connectivity index (χ0n) is 12.3. The molecule has 0 saturated carbocycles. The van der Waals surface area contributed by atoms with Crippen LogP contribution in [0, 0.1) is 0 Å². The van der Waals surface area contributed by atoms with Gasteiger partial charge in [-0.3, -0.25) is 9.69 Å². The van der Waals surface area contributed by atoms with Gasteiger partial charge in [0, 0.05) is 0 Å². The fourth-order valence-corrected chi connectivity index (χ4v) is 3.31. The van der Waals surface area contributed by atoms with E-state index in [0.29, 0.717) is 5.75 Å². The Morgan fingerprint density at radius 1 is 1.24 bits per heavy atom. The molecule has 0 aliphatic carbocycles. The molecule has 1 saturated heterocycles. The highest BCUT2D eigenvalue weighted by molar-refractivity contribution is 5.69. The second-order valence-corrected chi connectivity index (χ2v) is 5.96. The number of nitrogens with zero attached hydrogens (tertiary/aromatic N) is 1. The van der Waals surface area contributed by atoms with Gasteiger partial charge in [-0.15, -0.1) is 0 Å². The van der Waals surface area contributed by atoms with E-state index < -0.39 is 11.5 Å². The van der Waals surface area contributed by atoms with Crippen molar-refractivity contribution in [2.45, 2.75) is 38.1 Å². The van der Waals surface area contributed by atoms with Crippen molar-refractivity contribution in [3.05, 3.63) is 23.8 Å². The zero-order chi connectivity index (χ0) is 14.9. The number of carbonyl (C=O) groups is 1. The first-order chi connectivity index (χ1) is 10.1. The zero-order valence-corrected chi connectivity index (χ0v) is 12.3. The van der Waals surface area contributed by atoms with Crippen LogP contribution in [0.3, 0.4) is 0 Å². The van der Waals surface area contributed by atoms with E-state index in [-0.39, 0.29) is 13.2 Å². The van der Waals surface area contributed by atoms with Crippen LogP contribution in [-0.4, -0.2) is 35.9 Å². The van der Waals surface area contributed by atoms with Crippen molar-refractivity contribution >= 4 is 5.97 Å². The van der Waals surface area contributed by atoms with Crippen molar-refractivity contribution in [3.63, 3.8) is 0 Å². The van der Waals surface area contributed by atoms with Gasteiger partial charge in [-0.05, 0) is 50.6 Å². The Bertz CT molecular complexity index is 539. The fourth-order valence-electron chi connectivity index (χ4n) is 3.31. The number of rotatable bonds is 4. The van der Waals surface area contributed by atoms with E-state index in [1.807, 2.05) is 25.1 Å². The van der Waals surface area contributed by atoms with Crippen molar-refractivity contribution in [1.82, 2.24) is 4.90 Å². The van der Waals surface area contributed by atoms with Gasteiger partial charge in [0.1, 0.15) is 0 Å². The molecule has 5 heteroatoms. The molecule has 1 unspecified atom stereocenters. The normalized spacial score (nSPS) is 21.0. The molecule has 2 aliphatic rings. The van der Waals surface area contributed by atoms with Crippen LogP contribution >= 0.6 is 0 Å². The van der Waals surface area contributed by atoms with Crippen molar-refractivity contribution in [3.8, 4) is 11.5 Å². The number of hydrogen-bond acceptors (Lipinski definition) is 4. The summed E-state index contributed by atoms with van der Waals surface area (Å²) in [4.78, 5) is 13.7. The minimum Gasteiger partial charge on any atom is -0.481 e. The Labute approximate surface area is 124 Å². The number of piperidine rings is 1.